The number of nitrogens with zero attached hydrogens (tertiary/aromatic N) is 5. The quantitative estimate of drug-likeness (QED) is 0.720. The van der Waals surface area contributed by atoms with Gasteiger partial charge in [-0.15, -0.1) is 10.2 Å². The van der Waals surface area contributed by atoms with E-state index in [1.807, 2.05) is 28.0 Å². The van der Waals surface area contributed by atoms with Crippen LogP contribution in [0.3, 0.4) is 0 Å². The van der Waals surface area contributed by atoms with E-state index in [9.17, 15) is 9.59 Å². The van der Waals surface area contributed by atoms with Crippen LogP contribution in [0.15, 0.2) is 29.4 Å². The average Bonchev–Trinajstić information content (AvgIpc) is 2.92. The van der Waals surface area contributed by atoms with E-state index >= 15 is 0 Å². The minimum atomic E-state index is 0.0726. The van der Waals surface area contributed by atoms with Crippen molar-refractivity contribution < 1.29 is 9.59 Å². The van der Waals surface area contributed by atoms with Crippen molar-refractivity contribution in [3.8, 4) is 11.4 Å². The van der Waals surface area contributed by atoms with Gasteiger partial charge in [-0.2, -0.15) is 0 Å². The summed E-state index contributed by atoms with van der Waals surface area (Å²) >= 11 is 1.43. The van der Waals surface area contributed by atoms with E-state index in [1.165, 1.54) is 11.8 Å². The van der Waals surface area contributed by atoms with Gasteiger partial charge in [-0.25, -0.2) is 0 Å². The number of aromatic nitrogens is 3. The second-order valence-electron chi connectivity index (χ2n) is 6.89. The predicted molar refractivity (Wildman–Crippen MR) is 110 cm³/mol. The maximum atomic E-state index is 12.7. The molecule has 1 aliphatic rings. The lowest BCUT2D eigenvalue weighted by molar-refractivity contribution is -0.130. The molecular formula is C20H27N5O2S. The molecule has 7 nitrogen and oxygen atoms in total. The topological polar surface area (TPSA) is 71.3 Å². The van der Waals surface area contributed by atoms with Gasteiger partial charge >= 0.3 is 0 Å². The molecule has 2 amide bonds. The number of thioether (sulfide) groups is 1. The molecular weight excluding hydrogens is 374 g/mol. The summed E-state index contributed by atoms with van der Waals surface area (Å²) in [7, 11) is 0. The monoisotopic (exact) mass is 401 g/mol. The van der Waals surface area contributed by atoms with Crippen LogP contribution in [-0.2, 0) is 16.1 Å². The van der Waals surface area contributed by atoms with Crippen molar-refractivity contribution in [2.45, 2.75) is 38.9 Å². The summed E-state index contributed by atoms with van der Waals surface area (Å²) in [4.78, 5) is 27.9. The molecule has 1 fully saturated rings. The second-order valence-corrected chi connectivity index (χ2v) is 7.84. The fourth-order valence-electron chi connectivity index (χ4n) is 3.40. The zero-order valence-electron chi connectivity index (χ0n) is 16.7. The second kappa shape index (κ2) is 9.23. The van der Waals surface area contributed by atoms with Crippen molar-refractivity contribution in [3.05, 3.63) is 29.8 Å². The third-order valence-electron chi connectivity index (χ3n) is 5.04. The molecule has 3 rings (SSSR count). The van der Waals surface area contributed by atoms with Gasteiger partial charge in [-0.1, -0.05) is 36.0 Å². The van der Waals surface area contributed by atoms with Crippen molar-refractivity contribution in [2.75, 3.05) is 31.9 Å². The summed E-state index contributed by atoms with van der Waals surface area (Å²) in [6, 6.07) is 8.11. The van der Waals surface area contributed by atoms with Crippen molar-refractivity contribution >= 4 is 23.6 Å². The lowest BCUT2D eigenvalue weighted by Crippen LogP contribution is -2.37. The molecule has 0 radical (unpaired) electrons. The van der Waals surface area contributed by atoms with E-state index in [4.69, 9.17) is 0 Å². The highest BCUT2D eigenvalue weighted by Gasteiger charge is 2.22. The van der Waals surface area contributed by atoms with Crippen LogP contribution in [0, 0.1) is 6.92 Å². The standard InChI is InChI=1S/C20H27N5O2S/c1-4-25-19(17-9-6-5-8-15(17)2)21-22-20(25)28-14-18(27)24-11-7-10-23(12-13-24)16(3)26/h5-6,8-9H,4,7,10-14H2,1-3H3. The maximum absolute atomic E-state index is 12.7. The summed E-state index contributed by atoms with van der Waals surface area (Å²) in [5.74, 6) is 1.32. The van der Waals surface area contributed by atoms with Crippen molar-refractivity contribution in [3.63, 3.8) is 0 Å². The summed E-state index contributed by atoms with van der Waals surface area (Å²) in [6.07, 6.45) is 0.818. The van der Waals surface area contributed by atoms with Crippen molar-refractivity contribution in [1.82, 2.24) is 24.6 Å². The van der Waals surface area contributed by atoms with Gasteiger partial charge in [-0.3, -0.25) is 9.59 Å². The van der Waals surface area contributed by atoms with Gasteiger partial charge in [0.05, 0.1) is 5.75 Å². The Hall–Kier alpha value is -2.35. The van der Waals surface area contributed by atoms with E-state index in [2.05, 4.69) is 34.7 Å². The van der Waals surface area contributed by atoms with Crippen molar-refractivity contribution in [2.24, 2.45) is 0 Å². The van der Waals surface area contributed by atoms with Gasteiger partial charge in [-0.05, 0) is 25.8 Å². The van der Waals surface area contributed by atoms with Crippen molar-refractivity contribution in [1.29, 1.82) is 0 Å². The highest BCUT2D eigenvalue weighted by molar-refractivity contribution is 7.99. The summed E-state index contributed by atoms with van der Waals surface area (Å²) < 4.78 is 2.06. The number of carbonyl (C=O) groups is 2. The molecule has 1 aliphatic heterocycles. The van der Waals surface area contributed by atoms with E-state index in [0.29, 0.717) is 25.4 Å². The fourth-order valence-corrected chi connectivity index (χ4v) is 4.31. The maximum Gasteiger partial charge on any atom is 0.233 e. The first-order valence-corrected chi connectivity index (χ1v) is 10.6. The van der Waals surface area contributed by atoms with Crippen LogP contribution in [0.5, 0.6) is 0 Å². The number of benzene rings is 1. The zero-order chi connectivity index (χ0) is 20.1. The van der Waals surface area contributed by atoms with Crippen LogP contribution >= 0.6 is 11.8 Å². The lowest BCUT2D eigenvalue weighted by atomic mass is 10.1. The molecule has 1 aromatic carbocycles. The Kier molecular flexibility index (Phi) is 6.72. The van der Waals surface area contributed by atoms with E-state index < -0.39 is 0 Å². The largest absolute Gasteiger partial charge is 0.341 e. The summed E-state index contributed by atoms with van der Waals surface area (Å²) in [6.45, 7) is 9.05. The molecule has 8 heteroatoms. The third kappa shape index (κ3) is 4.55. The third-order valence-corrected chi connectivity index (χ3v) is 5.99. The molecule has 2 heterocycles. The summed E-state index contributed by atoms with van der Waals surface area (Å²) in [5, 5.41) is 9.46. The van der Waals surface area contributed by atoms with E-state index in [1.54, 1.807) is 6.92 Å². The molecule has 0 atom stereocenters. The smallest absolute Gasteiger partial charge is 0.233 e. The average molecular weight is 402 g/mol. The molecule has 0 unspecified atom stereocenters. The van der Waals surface area contributed by atoms with E-state index in [-0.39, 0.29) is 11.8 Å². The van der Waals surface area contributed by atoms with Crippen LogP contribution < -0.4 is 0 Å². The number of rotatable bonds is 5. The molecule has 0 aliphatic carbocycles. The molecule has 0 bridgehead atoms. The Morgan fingerprint density at radius 1 is 1.07 bits per heavy atom. The summed E-state index contributed by atoms with van der Waals surface area (Å²) in [5.41, 5.74) is 2.21. The fraction of sp³-hybridized carbons (Fsp3) is 0.500. The Morgan fingerprint density at radius 2 is 1.79 bits per heavy atom. The van der Waals surface area contributed by atoms with Gasteiger partial charge in [0.2, 0.25) is 11.8 Å². The Bertz CT molecular complexity index is 851. The molecule has 28 heavy (non-hydrogen) atoms. The zero-order valence-corrected chi connectivity index (χ0v) is 17.5. The number of carbonyl (C=O) groups excluding carboxylic acids is 2. The van der Waals surface area contributed by atoms with Crippen LogP contribution in [0.4, 0.5) is 0 Å². The van der Waals surface area contributed by atoms with Gasteiger partial charge < -0.3 is 14.4 Å². The molecule has 2 aromatic rings. The molecule has 1 saturated heterocycles. The molecule has 0 saturated carbocycles. The Morgan fingerprint density at radius 3 is 2.50 bits per heavy atom. The Labute approximate surface area is 170 Å². The molecule has 0 spiro atoms. The SMILES string of the molecule is CCn1c(SCC(=O)N2CCCN(C(C)=O)CC2)nnc1-c1ccccc1C. The first-order valence-electron chi connectivity index (χ1n) is 9.66. The van der Waals surface area contributed by atoms with Gasteiger partial charge in [0.1, 0.15) is 0 Å². The lowest BCUT2D eigenvalue weighted by Gasteiger charge is -2.21. The van der Waals surface area contributed by atoms with Crippen LogP contribution in [0.2, 0.25) is 0 Å². The number of hydrogen-bond acceptors (Lipinski definition) is 5. The molecule has 150 valence electrons. The van der Waals surface area contributed by atoms with Crippen LogP contribution in [-0.4, -0.2) is 68.3 Å². The Balaban J connectivity index is 1.65. The minimum Gasteiger partial charge on any atom is -0.341 e. The van der Waals surface area contributed by atoms with Gasteiger partial charge in [0.25, 0.3) is 0 Å². The molecule has 1 aromatic heterocycles. The van der Waals surface area contributed by atoms with Crippen LogP contribution in [0.1, 0.15) is 25.8 Å². The highest BCUT2D eigenvalue weighted by atomic mass is 32.2. The predicted octanol–water partition coefficient (Wildman–Crippen LogP) is 2.45. The number of aryl methyl sites for hydroxylation is 1. The first kappa shape index (κ1) is 20.4. The minimum absolute atomic E-state index is 0.0726. The highest BCUT2D eigenvalue weighted by Crippen LogP contribution is 2.26. The first-order chi connectivity index (χ1) is 13.5. The normalized spacial score (nSPS) is 14.8. The molecule has 0 N–H and O–H groups in total. The number of amides is 2. The number of hydrogen-bond donors (Lipinski definition) is 0. The van der Waals surface area contributed by atoms with Gasteiger partial charge in [0.15, 0.2) is 11.0 Å². The van der Waals surface area contributed by atoms with Crippen LogP contribution in [0.25, 0.3) is 11.4 Å². The van der Waals surface area contributed by atoms with E-state index in [0.717, 1.165) is 41.6 Å². The van der Waals surface area contributed by atoms with Gasteiger partial charge in [0, 0.05) is 45.2 Å².